The van der Waals surface area contributed by atoms with Crippen LogP contribution in [0.4, 0.5) is 0 Å². The van der Waals surface area contributed by atoms with Crippen molar-refractivity contribution < 1.29 is 9.52 Å². The number of rotatable bonds is 2. The van der Waals surface area contributed by atoms with Crippen LogP contribution in [0.15, 0.2) is 21.3 Å². The molecule has 0 saturated carbocycles. The van der Waals surface area contributed by atoms with E-state index in [1.54, 1.807) is 13.0 Å². The SMILES string of the molecule is CCC(C)c1oc2c(C)cc(O)cc2c(=O)c1C. The third kappa shape index (κ3) is 1.90. The third-order valence-corrected chi connectivity index (χ3v) is 3.49. The summed E-state index contributed by atoms with van der Waals surface area (Å²) in [6, 6.07) is 3.09. The molecule has 1 heterocycles. The average Bonchev–Trinajstić information content (AvgIpc) is 2.33. The monoisotopic (exact) mass is 246 g/mol. The summed E-state index contributed by atoms with van der Waals surface area (Å²) in [7, 11) is 0. The lowest BCUT2D eigenvalue weighted by Crippen LogP contribution is -2.11. The lowest BCUT2D eigenvalue weighted by Gasteiger charge is -2.13. The zero-order chi connectivity index (χ0) is 13.4. The highest BCUT2D eigenvalue weighted by Gasteiger charge is 2.16. The van der Waals surface area contributed by atoms with E-state index in [0.29, 0.717) is 16.5 Å². The smallest absolute Gasteiger partial charge is 0.196 e. The summed E-state index contributed by atoms with van der Waals surface area (Å²) in [6.07, 6.45) is 0.923. The Morgan fingerprint density at radius 3 is 2.61 bits per heavy atom. The van der Waals surface area contributed by atoms with E-state index in [2.05, 4.69) is 6.92 Å². The number of benzene rings is 1. The number of fused-ring (bicyclic) bond motifs is 1. The van der Waals surface area contributed by atoms with Crippen LogP contribution in [-0.2, 0) is 0 Å². The number of hydrogen-bond donors (Lipinski definition) is 1. The summed E-state index contributed by atoms with van der Waals surface area (Å²) in [6.45, 7) is 7.73. The van der Waals surface area contributed by atoms with Crippen LogP contribution in [-0.4, -0.2) is 5.11 Å². The van der Waals surface area contributed by atoms with Crippen LogP contribution in [0, 0.1) is 13.8 Å². The lowest BCUT2D eigenvalue weighted by atomic mass is 9.99. The van der Waals surface area contributed by atoms with E-state index < -0.39 is 0 Å². The Morgan fingerprint density at radius 2 is 2.00 bits per heavy atom. The molecule has 0 aliphatic carbocycles. The molecule has 0 aliphatic heterocycles. The van der Waals surface area contributed by atoms with Crippen molar-refractivity contribution in [3.63, 3.8) is 0 Å². The quantitative estimate of drug-likeness (QED) is 0.880. The number of phenols is 1. The van der Waals surface area contributed by atoms with E-state index in [-0.39, 0.29) is 17.1 Å². The molecule has 18 heavy (non-hydrogen) atoms. The predicted molar refractivity (Wildman–Crippen MR) is 72.3 cm³/mol. The number of aromatic hydroxyl groups is 1. The minimum absolute atomic E-state index is 0.0504. The van der Waals surface area contributed by atoms with Gasteiger partial charge in [0.05, 0.1) is 5.39 Å². The molecule has 0 amide bonds. The van der Waals surface area contributed by atoms with Gasteiger partial charge in [-0.05, 0) is 38.0 Å². The Kier molecular flexibility index (Phi) is 3.16. The van der Waals surface area contributed by atoms with Gasteiger partial charge in [-0.2, -0.15) is 0 Å². The van der Waals surface area contributed by atoms with E-state index in [9.17, 15) is 9.90 Å². The van der Waals surface area contributed by atoms with E-state index >= 15 is 0 Å². The van der Waals surface area contributed by atoms with Gasteiger partial charge in [0.1, 0.15) is 17.1 Å². The van der Waals surface area contributed by atoms with Gasteiger partial charge in [-0.3, -0.25) is 4.79 Å². The average molecular weight is 246 g/mol. The second-order valence-electron chi connectivity index (χ2n) is 4.87. The van der Waals surface area contributed by atoms with Gasteiger partial charge in [-0.1, -0.05) is 13.8 Å². The summed E-state index contributed by atoms with van der Waals surface area (Å²) < 4.78 is 5.90. The van der Waals surface area contributed by atoms with Gasteiger partial charge in [0.25, 0.3) is 0 Å². The lowest BCUT2D eigenvalue weighted by molar-refractivity contribution is 0.469. The second kappa shape index (κ2) is 4.48. The van der Waals surface area contributed by atoms with E-state index in [0.717, 1.165) is 17.7 Å². The van der Waals surface area contributed by atoms with Crippen LogP contribution >= 0.6 is 0 Å². The molecule has 2 aromatic rings. The van der Waals surface area contributed by atoms with Gasteiger partial charge in [-0.15, -0.1) is 0 Å². The van der Waals surface area contributed by atoms with Crippen LogP contribution in [0.25, 0.3) is 11.0 Å². The minimum atomic E-state index is -0.0504. The van der Waals surface area contributed by atoms with Crippen LogP contribution in [0.5, 0.6) is 5.75 Å². The molecule has 0 saturated heterocycles. The predicted octanol–water partition coefficient (Wildman–Crippen LogP) is 3.63. The Morgan fingerprint density at radius 1 is 1.33 bits per heavy atom. The molecule has 0 spiro atoms. The maximum absolute atomic E-state index is 12.3. The van der Waals surface area contributed by atoms with E-state index in [1.807, 2.05) is 13.8 Å². The molecular formula is C15H18O3. The standard InChI is InChI=1S/C15H18O3/c1-5-8(2)14-10(4)13(17)12-7-11(16)6-9(3)15(12)18-14/h6-8,16H,5H2,1-4H3. The molecule has 1 unspecified atom stereocenters. The minimum Gasteiger partial charge on any atom is -0.508 e. The highest BCUT2D eigenvalue weighted by atomic mass is 16.3. The fourth-order valence-corrected chi connectivity index (χ4v) is 2.22. The normalized spacial score (nSPS) is 12.9. The Balaban J connectivity index is 2.88. The number of phenolic OH excluding ortho intramolecular Hbond substituents is 1. The largest absolute Gasteiger partial charge is 0.508 e. The second-order valence-corrected chi connectivity index (χ2v) is 4.87. The summed E-state index contributed by atoms with van der Waals surface area (Å²) >= 11 is 0. The maximum Gasteiger partial charge on any atom is 0.196 e. The molecule has 1 aromatic carbocycles. The van der Waals surface area contributed by atoms with Crippen LogP contribution < -0.4 is 5.43 Å². The van der Waals surface area contributed by atoms with Crippen LogP contribution in [0.2, 0.25) is 0 Å². The molecule has 3 nitrogen and oxygen atoms in total. The molecule has 1 atom stereocenters. The first-order valence-corrected chi connectivity index (χ1v) is 6.22. The summed E-state index contributed by atoms with van der Waals surface area (Å²) in [5.41, 5.74) is 1.96. The first kappa shape index (κ1) is 12.7. The van der Waals surface area contributed by atoms with Crippen LogP contribution in [0.1, 0.15) is 43.1 Å². The van der Waals surface area contributed by atoms with Gasteiger partial charge in [0.15, 0.2) is 5.43 Å². The molecule has 0 radical (unpaired) electrons. The van der Waals surface area contributed by atoms with E-state index in [4.69, 9.17) is 4.42 Å². The van der Waals surface area contributed by atoms with Crippen molar-refractivity contribution >= 4 is 11.0 Å². The maximum atomic E-state index is 12.3. The highest BCUT2D eigenvalue weighted by Crippen LogP contribution is 2.28. The van der Waals surface area contributed by atoms with Crippen molar-refractivity contribution in [2.24, 2.45) is 0 Å². The van der Waals surface area contributed by atoms with Crippen molar-refractivity contribution in [3.05, 3.63) is 39.2 Å². The summed E-state index contributed by atoms with van der Waals surface area (Å²) in [5, 5.41) is 10.0. The molecule has 0 aliphatic rings. The van der Waals surface area contributed by atoms with Gasteiger partial charge in [0, 0.05) is 11.5 Å². The molecule has 1 N–H and O–H groups in total. The first-order chi connectivity index (χ1) is 8.45. The van der Waals surface area contributed by atoms with Crippen molar-refractivity contribution in [2.75, 3.05) is 0 Å². The molecule has 0 bridgehead atoms. The van der Waals surface area contributed by atoms with Gasteiger partial charge < -0.3 is 9.52 Å². The van der Waals surface area contributed by atoms with Crippen molar-refractivity contribution in [2.45, 2.75) is 40.0 Å². The summed E-state index contributed by atoms with van der Waals surface area (Å²) in [5.74, 6) is 1.07. The molecule has 2 rings (SSSR count). The van der Waals surface area contributed by atoms with Gasteiger partial charge in [-0.25, -0.2) is 0 Å². The van der Waals surface area contributed by atoms with Crippen molar-refractivity contribution in [3.8, 4) is 5.75 Å². The molecular weight excluding hydrogens is 228 g/mol. The zero-order valence-corrected chi connectivity index (χ0v) is 11.2. The third-order valence-electron chi connectivity index (χ3n) is 3.49. The van der Waals surface area contributed by atoms with Crippen molar-refractivity contribution in [1.82, 2.24) is 0 Å². The number of hydrogen-bond acceptors (Lipinski definition) is 3. The number of aryl methyl sites for hydroxylation is 1. The molecule has 0 fully saturated rings. The molecule has 1 aromatic heterocycles. The first-order valence-electron chi connectivity index (χ1n) is 6.22. The van der Waals surface area contributed by atoms with E-state index in [1.165, 1.54) is 6.07 Å². The zero-order valence-electron chi connectivity index (χ0n) is 11.2. The van der Waals surface area contributed by atoms with Gasteiger partial charge in [0.2, 0.25) is 0 Å². The molecule has 96 valence electrons. The Labute approximate surface area is 106 Å². The van der Waals surface area contributed by atoms with Crippen molar-refractivity contribution in [1.29, 1.82) is 0 Å². The Hall–Kier alpha value is -1.77. The summed E-state index contributed by atoms with van der Waals surface area (Å²) in [4.78, 5) is 12.3. The fraction of sp³-hybridized carbons (Fsp3) is 0.400. The fourth-order valence-electron chi connectivity index (χ4n) is 2.22. The Bertz CT molecular complexity index is 653. The topological polar surface area (TPSA) is 50.4 Å². The molecule has 3 heteroatoms. The highest BCUT2D eigenvalue weighted by molar-refractivity contribution is 5.82. The van der Waals surface area contributed by atoms with Gasteiger partial charge >= 0.3 is 0 Å². The van der Waals surface area contributed by atoms with Crippen LogP contribution in [0.3, 0.4) is 0 Å².